The maximum atomic E-state index is 12.9. The second-order valence-corrected chi connectivity index (χ2v) is 7.04. The van der Waals surface area contributed by atoms with Crippen LogP contribution < -0.4 is 0 Å². The van der Waals surface area contributed by atoms with E-state index < -0.39 is 34.8 Å². The molecular formula is C20H21N3O6. The van der Waals surface area contributed by atoms with Crippen molar-refractivity contribution < 1.29 is 24.0 Å². The van der Waals surface area contributed by atoms with Crippen LogP contribution >= 0.6 is 0 Å². The molecular weight excluding hydrogens is 378 g/mol. The molecule has 0 N–H and O–H groups in total. The number of aromatic nitrogens is 1. The average molecular weight is 399 g/mol. The van der Waals surface area contributed by atoms with Crippen molar-refractivity contribution in [3.8, 4) is 0 Å². The molecule has 3 rings (SSSR count). The number of rotatable bonds is 7. The highest BCUT2D eigenvalue weighted by Crippen LogP contribution is 2.31. The minimum absolute atomic E-state index is 0.00325. The minimum atomic E-state index is -0.827. The van der Waals surface area contributed by atoms with E-state index >= 15 is 0 Å². The van der Waals surface area contributed by atoms with Crippen molar-refractivity contribution in [3.05, 3.63) is 62.5 Å². The number of carbonyl (C=O) groups excluding carboxylic acids is 3. The molecule has 1 atom stereocenters. The van der Waals surface area contributed by atoms with Crippen LogP contribution in [0.3, 0.4) is 0 Å². The number of carbonyl (C=O) groups is 3. The molecule has 0 saturated carbocycles. The first-order chi connectivity index (χ1) is 13.7. The second kappa shape index (κ2) is 7.59. The number of hydrogen-bond acceptors (Lipinski definition) is 6. The van der Waals surface area contributed by atoms with Gasteiger partial charge in [-0.25, -0.2) is 0 Å². The summed E-state index contributed by atoms with van der Waals surface area (Å²) in [5, 5.41) is 11.2. The van der Waals surface area contributed by atoms with Gasteiger partial charge in [0.15, 0.2) is 5.78 Å². The zero-order valence-corrected chi connectivity index (χ0v) is 16.6. The zero-order valence-electron chi connectivity index (χ0n) is 16.6. The van der Waals surface area contributed by atoms with Gasteiger partial charge in [-0.15, -0.1) is 0 Å². The maximum Gasteiger partial charge on any atom is 0.282 e. The van der Waals surface area contributed by atoms with E-state index in [4.69, 9.17) is 4.74 Å². The Morgan fingerprint density at radius 3 is 2.55 bits per heavy atom. The van der Waals surface area contributed by atoms with Gasteiger partial charge in [-0.1, -0.05) is 6.07 Å². The number of ether oxygens (including phenoxy) is 1. The molecule has 0 spiro atoms. The third kappa shape index (κ3) is 3.33. The van der Waals surface area contributed by atoms with Gasteiger partial charge in [0.1, 0.15) is 5.56 Å². The van der Waals surface area contributed by atoms with Gasteiger partial charge in [0.05, 0.1) is 29.7 Å². The fourth-order valence-electron chi connectivity index (χ4n) is 3.89. The van der Waals surface area contributed by atoms with Crippen molar-refractivity contribution in [3.63, 3.8) is 0 Å². The molecule has 1 aliphatic heterocycles. The summed E-state index contributed by atoms with van der Waals surface area (Å²) in [6, 6.07) is 5.58. The Labute approximate surface area is 167 Å². The molecule has 0 saturated heterocycles. The highest BCUT2D eigenvalue weighted by molar-refractivity contribution is 6.24. The lowest BCUT2D eigenvalue weighted by atomic mass is 10.1. The van der Waals surface area contributed by atoms with Gasteiger partial charge >= 0.3 is 0 Å². The predicted octanol–water partition coefficient (Wildman–Crippen LogP) is 2.70. The molecule has 2 aromatic rings. The van der Waals surface area contributed by atoms with Crippen LogP contribution in [0.15, 0.2) is 24.3 Å². The van der Waals surface area contributed by atoms with E-state index in [9.17, 15) is 24.5 Å². The lowest BCUT2D eigenvalue weighted by Gasteiger charge is -2.18. The van der Waals surface area contributed by atoms with Gasteiger partial charge in [-0.3, -0.25) is 29.4 Å². The van der Waals surface area contributed by atoms with E-state index in [-0.39, 0.29) is 17.2 Å². The third-order valence-corrected chi connectivity index (χ3v) is 5.11. The normalized spacial score (nSPS) is 14.3. The monoisotopic (exact) mass is 399 g/mol. The molecule has 0 radical (unpaired) electrons. The van der Waals surface area contributed by atoms with Crippen LogP contribution in [0.4, 0.5) is 5.69 Å². The molecule has 9 heteroatoms. The number of nitrogens with zero attached hydrogens (tertiary/aromatic N) is 3. The molecule has 2 heterocycles. The van der Waals surface area contributed by atoms with Crippen molar-refractivity contribution in [2.24, 2.45) is 0 Å². The summed E-state index contributed by atoms with van der Waals surface area (Å²) < 4.78 is 7.14. The van der Waals surface area contributed by atoms with Crippen LogP contribution in [-0.4, -0.2) is 52.2 Å². The van der Waals surface area contributed by atoms with Crippen molar-refractivity contribution in [2.75, 3.05) is 20.3 Å². The number of hydrogen-bond donors (Lipinski definition) is 0. The molecule has 0 aliphatic carbocycles. The first-order valence-electron chi connectivity index (χ1n) is 9.03. The molecule has 0 unspecified atom stereocenters. The number of aryl methyl sites for hydroxylation is 1. The van der Waals surface area contributed by atoms with Crippen LogP contribution in [0, 0.1) is 24.0 Å². The smallest absolute Gasteiger partial charge is 0.282 e. The third-order valence-electron chi connectivity index (χ3n) is 5.11. The Morgan fingerprint density at radius 2 is 1.93 bits per heavy atom. The molecule has 1 aromatic heterocycles. The summed E-state index contributed by atoms with van der Waals surface area (Å²) in [6.45, 7) is 5.60. The van der Waals surface area contributed by atoms with E-state index in [1.54, 1.807) is 20.1 Å². The van der Waals surface area contributed by atoms with Crippen molar-refractivity contribution in [1.82, 2.24) is 9.47 Å². The fraction of sp³-hybridized carbons (Fsp3) is 0.350. The summed E-state index contributed by atoms with van der Waals surface area (Å²) in [5.41, 5.74) is 1.19. The summed E-state index contributed by atoms with van der Waals surface area (Å²) in [5.74, 6) is -1.94. The molecule has 1 aliphatic rings. The summed E-state index contributed by atoms with van der Waals surface area (Å²) in [7, 11) is 1.60. The van der Waals surface area contributed by atoms with Gasteiger partial charge in [0.25, 0.3) is 17.5 Å². The maximum absolute atomic E-state index is 12.9. The van der Waals surface area contributed by atoms with Crippen LogP contribution in [0.25, 0.3) is 0 Å². The molecule has 9 nitrogen and oxygen atoms in total. The Balaban J connectivity index is 1.90. The van der Waals surface area contributed by atoms with Gasteiger partial charge in [0, 0.05) is 30.1 Å². The topological polar surface area (TPSA) is 112 Å². The van der Waals surface area contributed by atoms with E-state index in [1.165, 1.54) is 18.2 Å². The summed E-state index contributed by atoms with van der Waals surface area (Å²) >= 11 is 0. The predicted molar refractivity (Wildman–Crippen MR) is 103 cm³/mol. The Morgan fingerprint density at radius 1 is 1.24 bits per heavy atom. The van der Waals surface area contributed by atoms with Crippen molar-refractivity contribution in [1.29, 1.82) is 0 Å². The lowest BCUT2D eigenvalue weighted by molar-refractivity contribution is -0.385. The highest BCUT2D eigenvalue weighted by Gasteiger charge is 2.42. The molecule has 0 fully saturated rings. The van der Waals surface area contributed by atoms with Crippen LogP contribution in [-0.2, 0) is 4.74 Å². The number of Topliss-reactive ketones (excluding diaryl/α,β-unsaturated/α-hetero) is 1. The number of imide groups is 1. The van der Waals surface area contributed by atoms with Crippen LogP contribution in [0.1, 0.15) is 55.4 Å². The van der Waals surface area contributed by atoms with Gasteiger partial charge in [-0.2, -0.15) is 0 Å². The number of fused-ring (bicyclic) bond motifs is 1. The fourth-order valence-corrected chi connectivity index (χ4v) is 3.89. The Bertz CT molecular complexity index is 1040. The first-order valence-corrected chi connectivity index (χ1v) is 9.03. The zero-order chi connectivity index (χ0) is 21.5. The highest BCUT2D eigenvalue weighted by atomic mass is 16.6. The van der Waals surface area contributed by atoms with E-state index in [1.807, 2.05) is 18.4 Å². The number of benzene rings is 1. The quantitative estimate of drug-likeness (QED) is 0.306. The van der Waals surface area contributed by atoms with Gasteiger partial charge < -0.3 is 9.30 Å². The number of nitro benzene ring substituents is 1. The second-order valence-electron chi connectivity index (χ2n) is 7.04. The lowest BCUT2D eigenvalue weighted by Crippen LogP contribution is -2.35. The number of ketones is 1. The first kappa shape index (κ1) is 20.4. The standard InChI is InChI=1S/C20H21N3O6/c1-11-8-15(13(3)22(11)12(2)10-29-4)17(24)9-21-19(25)14-6-5-7-16(23(27)28)18(14)20(21)26/h5-8,12H,9-10H2,1-4H3/t12-/m1/s1. The number of amides is 2. The average Bonchev–Trinajstić information content (AvgIpc) is 3.10. The van der Waals surface area contributed by atoms with Crippen molar-refractivity contribution in [2.45, 2.75) is 26.8 Å². The molecule has 2 amide bonds. The SMILES string of the molecule is COC[C@@H](C)n1c(C)cc(C(=O)CN2C(=O)c3cccc([N+](=O)[O-])c3C2=O)c1C. The number of nitro groups is 1. The molecule has 152 valence electrons. The Kier molecular flexibility index (Phi) is 5.34. The van der Waals surface area contributed by atoms with E-state index in [0.29, 0.717) is 17.9 Å². The van der Waals surface area contributed by atoms with Crippen molar-refractivity contribution >= 4 is 23.3 Å². The van der Waals surface area contributed by atoms with Gasteiger partial charge in [-0.05, 0) is 32.9 Å². The molecule has 29 heavy (non-hydrogen) atoms. The number of methoxy groups -OCH3 is 1. The van der Waals surface area contributed by atoms with Crippen LogP contribution in [0.5, 0.6) is 0 Å². The summed E-state index contributed by atoms with van der Waals surface area (Å²) in [6.07, 6.45) is 0. The minimum Gasteiger partial charge on any atom is -0.383 e. The van der Waals surface area contributed by atoms with E-state index in [0.717, 1.165) is 10.6 Å². The molecule has 0 bridgehead atoms. The molecule has 1 aromatic carbocycles. The Hall–Kier alpha value is -3.33. The van der Waals surface area contributed by atoms with Gasteiger partial charge in [0.2, 0.25) is 0 Å². The van der Waals surface area contributed by atoms with E-state index in [2.05, 4.69) is 0 Å². The summed E-state index contributed by atoms with van der Waals surface area (Å²) in [4.78, 5) is 49.5. The largest absolute Gasteiger partial charge is 0.383 e. The van der Waals surface area contributed by atoms with Crippen LogP contribution in [0.2, 0.25) is 0 Å².